The number of nitrogens with zero attached hydrogens (tertiary/aromatic N) is 2. The number of nitrogen functional groups attached to an aromatic ring is 1. The van der Waals surface area contributed by atoms with E-state index in [1.54, 1.807) is 13.2 Å². The van der Waals surface area contributed by atoms with Crippen LogP contribution in [0.4, 0.5) is 5.82 Å². The number of rotatable bonds is 5. The summed E-state index contributed by atoms with van der Waals surface area (Å²) in [6.07, 6.45) is 1.00. The van der Waals surface area contributed by atoms with Crippen LogP contribution in [0.25, 0.3) is 11.3 Å². The highest BCUT2D eigenvalue weighted by Gasteiger charge is 2.20. The third-order valence-corrected chi connectivity index (χ3v) is 3.88. The minimum Gasteiger partial charge on any atom is -0.496 e. The van der Waals surface area contributed by atoms with Gasteiger partial charge in [-0.05, 0) is 41.8 Å². The predicted molar refractivity (Wildman–Crippen MR) is 85.3 cm³/mol. The highest BCUT2D eigenvalue weighted by Crippen LogP contribution is 2.33. The quantitative estimate of drug-likeness (QED) is 0.857. The summed E-state index contributed by atoms with van der Waals surface area (Å²) in [6.45, 7) is 5.59. The number of pyridine rings is 1. The lowest BCUT2D eigenvalue weighted by atomic mass is 9.98. The molecule has 0 atom stereocenters. The summed E-state index contributed by atoms with van der Waals surface area (Å²) in [5, 5.41) is 0. The third-order valence-electron chi connectivity index (χ3n) is 3.88. The van der Waals surface area contributed by atoms with Gasteiger partial charge in [0.05, 0.1) is 12.8 Å². The summed E-state index contributed by atoms with van der Waals surface area (Å²) in [5.41, 5.74) is 10.4. The molecule has 1 fully saturated rings. The number of hydrogen-bond donors (Lipinski definition) is 1. The number of anilines is 1. The number of hydrogen-bond acceptors (Lipinski definition) is 4. The van der Waals surface area contributed by atoms with Crippen LogP contribution >= 0.6 is 0 Å². The first-order valence-electron chi connectivity index (χ1n) is 7.36. The molecule has 110 valence electrons. The van der Waals surface area contributed by atoms with Crippen molar-refractivity contribution in [2.24, 2.45) is 0 Å². The topological polar surface area (TPSA) is 51.1 Å². The van der Waals surface area contributed by atoms with E-state index < -0.39 is 0 Å². The molecule has 1 saturated heterocycles. The Morgan fingerprint density at radius 2 is 2.05 bits per heavy atom. The van der Waals surface area contributed by atoms with Gasteiger partial charge in [-0.25, -0.2) is 4.98 Å². The van der Waals surface area contributed by atoms with Crippen molar-refractivity contribution in [2.75, 3.05) is 25.9 Å². The summed E-state index contributed by atoms with van der Waals surface area (Å²) in [6, 6.07) is 10.0. The van der Waals surface area contributed by atoms with Gasteiger partial charge >= 0.3 is 0 Å². The van der Waals surface area contributed by atoms with E-state index in [2.05, 4.69) is 28.9 Å². The Balaban J connectivity index is 2.06. The molecule has 4 heteroatoms. The molecule has 3 rings (SSSR count). The van der Waals surface area contributed by atoms with Gasteiger partial charge in [-0.1, -0.05) is 13.0 Å². The smallest absolute Gasteiger partial charge is 0.128 e. The van der Waals surface area contributed by atoms with Gasteiger partial charge in [0, 0.05) is 25.2 Å². The van der Waals surface area contributed by atoms with E-state index in [4.69, 9.17) is 10.5 Å². The summed E-state index contributed by atoms with van der Waals surface area (Å²) in [7, 11) is 1.71. The molecule has 4 nitrogen and oxygen atoms in total. The predicted octanol–water partition coefficient (Wildman–Crippen LogP) is 2.72. The number of aryl methyl sites for hydroxylation is 1. The van der Waals surface area contributed by atoms with Crippen LogP contribution < -0.4 is 10.5 Å². The first-order chi connectivity index (χ1) is 10.2. The van der Waals surface area contributed by atoms with Crippen LogP contribution in [-0.2, 0) is 13.0 Å². The van der Waals surface area contributed by atoms with Gasteiger partial charge in [-0.15, -0.1) is 0 Å². The van der Waals surface area contributed by atoms with E-state index in [0.29, 0.717) is 5.82 Å². The molecule has 1 aromatic heterocycles. The first kappa shape index (κ1) is 13.9. The largest absolute Gasteiger partial charge is 0.496 e. The second-order valence-electron chi connectivity index (χ2n) is 5.40. The van der Waals surface area contributed by atoms with Crippen LogP contribution in [0.5, 0.6) is 5.75 Å². The average molecular weight is 283 g/mol. The first-order valence-corrected chi connectivity index (χ1v) is 7.36. The average Bonchev–Trinajstić information content (AvgIpc) is 3.30. The Morgan fingerprint density at radius 3 is 2.67 bits per heavy atom. The molecule has 0 radical (unpaired) electrons. The minimum absolute atomic E-state index is 0.528. The lowest BCUT2D eigenvalue weighted by Crippen LogP contribution is -2.03. The second kappa shape index (κ2) is 5.74. The van der Waals surface area contributed by atoms with Crippen molar-refractivity contribution in [1.82, 2.24) is 9.88 Å². The number of nitrogens with two attached hydrogens (primary N) is 1. The van der Waals surface area contributed by atoms with Crippen molar-refractivity contribution in [3.8, 4) is 17.0 Å². The van der Waals surface area contributed by atoms with Crippen LogP contribution in [0, 0.1) is 0 Å². The van der Waals surface area contributed by atoms with Gasteiger partial charge in [0.25, 0.3) is 0 Å². The number of benzene rings is 1. The van der Waals surface area contributed by atoms with Gasteiger partial charge in [0.1, 0.15) is 11.6 Å². The van der Waals surface area contributed by atoms with Crippen molar-refractivity contribution >= 4 is 5.82 Å². The SMILES string of the molecule is CCc1cc(-c2cccc(N)n2)c(OC)cc1CN1CC1. The van der Waals surface area contributed by atoms with Crippen molar-refractivity contribution in [1.29, 1.82) is 0 Å². The van der Waals surface area contributed by atoms with Crippen molar-refractivity contribution in [2.45, 2.75) is 19.9 Å². The lowest BCUT2D eigenvalue weighted by molar-refractivity contribution is 0.414. The van der Waals surface area contributed by atoms with Gasteiger partial charge in [0.2, 0.25) is 0 Å². The minimum atomic E-state index is 0.528. The van der Waals surface area contributed by atoms with Gasteiger partial charge < -0.3 is 10.5 Å². The molecular weight excluding hydrogens is 262 g/mol. The zero-order valence-corrected chi connectivity index (χ0v) is 12.6. The van der Waals surface area contributed by atoms with E-state index >= 15 is 0 Å². The zero-order valence-electron chi connectivity index (χ0n) is 12.6. The molecule has 2 N–H and O–H groups in total. The Hall–Kier alpha value is -2.07. The van der Waals surface area contributed by atoms with Crippen molar-refractivity contribution in [3.05, 3.63) is 41.5 Å². The highest BCUT2D eigenvalue weighted by molar-refractivity contribution is 5.70. The maximum absolute atomic E-state index is 5.80. The number of ether oxygens (including phenoxy) is 1. The highest BCUT2D eigenvalue weighted by atomic mass is 16.5. The zero-order chi connectivity index (χ0) is 14.8. The summed E-state index contributed by atoms with van der Waals surface area (Å²) >= 11 is 0. The molecule has 1 aromatic carbocycles. The Labute approximate surface area is 125 Å². The molecule has 2 heterocycles. The maximum Gasteiger partial charge on any atom is 0.128 e. The van der Waals surface area contributed by atoms with E-state index in [-0.39, 0.29) is 0 Å². The molecule has 0 spiro atoms. The van der Waals surface area contributed by atoms with E-state index in [9.17, 15) is 0 Å². The standard InChI is InChI=1S/C17H21N3O/c1-3-12-9-14(15-5-4-6-17(18)19-15)16(21-2)10-13(12)11-20-7-8-20/h4-6,9-10H,3,7-8,11H2,1-2H3,(H2,18,19). The van der Waals surface area contributed by atoms with Crippen LogP contribution in [-0.4, -0.2) is 30.1 Å². The Bertz CT molecular complexity index is 650. The molecular formula is C17H21N3O. The van der Waals surface area contributed by atoms with Crippen molar-refractivity contribution < 1.29 is 4.74 Å². The van der Waals surface area contributed by atoms with Crippen LogP contribution in [0.1, 0.15) is 18.1 Å². The van der Waals surface area contributed by atoms with Gasteiger partial charge in [-0.3, -0.25) is 4.90 Å². The van der Waals surface area contributed by atoms with E-state index in [1.165, 1.54) is 24.2 Å². The summed E-state index contributed by atoms with van der Waals surface area (Å²) in [4.78, 5) is 6.83. The van der Waals surface area contributed by atoms with Crippen LogP contribution in [0.2, 0.25) is 0 Å². The fraction of sp³-hybridized carbons (Fsp3) is 0.353. The van der Waals surface area contributed by atoms with E-state index in [1.807, 2.05) is 12.1 Å². The molecule has 1 aliphatic heterocycles. The van der Waals surface area contributed by atoms with Gasteiger partial charge in [-0.2, -0.15) is 0 Å². The fourth-order valence-electron chi connectivity index (χ4n) is 2.58. The molecule has 0 saturated carbocycles. The second-order valence-corrected chi connectivity index (χ2v) is 5.40. The molecule has 0 aliphatic carbocycles. The number of methoxy groups -OCH3 is 1. The number of aromatic nitrogens is 1. The summed E-state index contributed by atoms with van der Waals surface area (Å²) in [5.74, 6) is 1.39. The van der Waals surface area contributed by atoms with E-state index in [0.717, 1.165) is 30.0 Å². The normalized spacial score (nSPS) is 14.2. The molecule has 21 heavy (non-hydrogen) atoms. The summed E-state index contributed by atoms with van der Waals surface area (Å²) < 4.78 is 5.58. The molecule has 2 aromatic rings. The Morgan fingerprint density at radius 1 is 1.24 bits per heavy atom. The lowest BCUT2D eigenvalue weighted by Gasteiger charge is -2.15. The molecule has 0 bridgehead atoms. The molecule has 1 aliphatic rings. The molecule has 0 amide bonds. The molecule has 0 unspecified atom stereocenters. The van der Waals surface area contributed by atoms with Crippen LogP contribution in [0.15, 0.2) is 30.3 Å². The van der Waals surface area contributed by atoms with Crippen molar-refractivity contribution in [3.63, 3.8) is 0 Å². The van der Waals surface area contributed by atoms with Crippen LogP contribution in [0.3, 0.4) is 0 Å². The third kappa shape index (κ3) is 3.00. The Kier molecular flexibility index (Phi) is 3.80. The van der Waals surface area contributed by atoms with Gasteiger partial charge in [0.15, 0.2) is 0 Å². The monoisotopic (exact) mass is 283 g/mol. The maximum atomic E-state index is 5.80. The fourth-order valence-corrected chi connectivity index (χ4v) is 2.58.